The molecule has 10 heavy (non-hydrogen) atoms. The third-order valence-electron chi connectivity index (χ3n) is 1.07. The molecule has 1 radical (unpaired) electrons. The fourth-order valence-electron chi connectivity index (χ4n) is 0.659. The van der Waals surface area contributed by atoms with Crippen molar-refractivity contribution in [2.75, 3.05) is 11.5 Å². The molecule has 0 amide bonds. The maximum absolute atomic E-state index is 12.6. The van der Waals surface area contributed by atoms with Crippen LogP contribution >= 0.6 is 11.8 Å². The molecule has 3 heteroatoms. The summed E-state index contributed by atoms with van der Waals surface area (Å²) in [5.41, 5.74) is 0. The average molecular weight is 167 g/mol. The Labute approximate surface area is 65.4 Å². The quantitative estimate of drug-likeness (QED) is 0.606. The molecule has 0 fully saturated rings. The summed E-state index contributed by atoms with van der Waals surface area (Å²) in [4.78, 5) is 0. The first-order valence-corrected chi connectivity index (χ1v) is 4.52. The first kappa shape index (κ1) is 10.2. The molecule has 0 saturated carbocycles. The van der Waals surface area contributed by atoms with Crippen molar-refractivity contribution in [1.82, 2.24) is 0 Å². The molecule has 0 saturated heterocycles. The highest BCUT2D eigenvalue weighted by atomic mass is 32.2. The Morgan fingerprint density at radius 2 is 2.10 bits per heavy atom. The van der Waals surface area contributed by atoms with Gasteiger partial charge in [-0.05, 0) is 12.7 Å². The van der Waals surface area contributed by atoms with Gasteiger partial charge in [-0.25, -0.2) is 8.78 Å². The predicted molar refractivity (Wildman–Crippen MR) is 42.5 cm³/mol. The van der Waals surface area contributed by atoms with Gasteiger partial charge in [0.15, 0.2) is 0 Å². The summed E-state index contributed by atoms with van der Waals surface area (Å²) in [6.45, 7) is 5.25. The van der Waals surface area contributed by atoms with E-state index in [2.05, 4.69) is 6.92 Å². The molecular formula is C7H13F2S. The van der Waals surface area contributed by atoms with Gasteiger partial charge in [0.05, 0.1) is 5.75 Å². The fourth-order valence-corrected chi connectivity index (χ4v) is 1.25. The van der Waals surface area contributed by atoms with Crippen molar-refractivity contribution in [3.05, 3.63) is 6.92 Å². The molecule has 0 nitrogen and oxygen atoms in total. The number of halogens is 2. The zero-order chi connectivity index (χ0) is 8.04. The second kappa shape index (κ2) is 4.94. The van der Waals surface area contributed by atoms with Crippen molar-refractivity contribution in [1.29, 1.82) is 0 Å². The number of hydrogen-bond donors (Lipinski definition) is 0. The monoisotopic (exact) mass is 167 g/mol. The maximum atomic E-state index is 12.6. The summed E-state index contributed by atoms with van der Waals surface area (Å²) in [6, 6.07) is 0. The van der Waals surface area contributed by atoms with Gasteiger partial charge in [0.2, 0.25) is 0 Å². The molecule has 0 heterocycles. The topological polar surface area (TPSA) is 0 Å². The minimum Gasteiger partial charge on any atom is -0.206 e. The standard InChI is InChI=1S/C7H13F2S/c1-3-5-7(8,9)6-10-4-2/h2-6H2,1H3. The highest BCUT2D eigenvalue weighted by molar-refractivity contribution is 7.99. The summed E-state index contributed by atoms with van der Waals surface area (Å²) in [5, 5.41) is 0. The summed E-state index contributed by atoms with van der Waals surface area (Å²) in [6.07, 6.45) is 0.546. The summed E-state index contributed by atoms with van der Waals surface area (Å²) >= 11 is 1.19. The summed E-state index contributed by atoms with van der Waals surface area (Å²) < 4.78 is 25.1. The lowest BCUT2D eigenvalue weighted by atomic mass is 10.2. The second-order valence-electron chi connectivity index (χ2n) is 2.16. The van der Waals surface area contributed by atoms with E-state index in [1.54, 1.807) is 6.92 Å². The lowest BCUT2D eigenvalue weighted by molar-refractivity contribution is 0.0177. The average Bonchev–Trinajstić information content (AvgIpc) is 1.84. The highest BCUT2D eigenvalue weighted by Gasteiger charge is 2.26. The van der Waals surface area contributed by atoms with Crippen molar-refractivity contribution in [2.24, 2.45) is 0 Å². The van der Waals surface area contributed by atoms with E-state index in [1.165, 1.54) is 11.8 Å². The molecule has 0 N–H and O–H groups in total. The van der Waals surface area contributed by atoms with Gasteiger partial charge < -0.3 is 0 Å². The largest absolute Gasteiger partial charge is 0.257 e. The Morgan fingerprint density at radius 1 is 1.50 bits per heavy atom. The molecule has 0 atom stereocenters. The van der Waals surface area contributed by atoms with Gasteiger partial charge in [0.25, 0.3) is 5.92 Å². The number of alkyl halides is 2. The van der Waals surface area contributed by atoms with E-state index >= 15 is 0 Å². The normalized spacial score (nSPS) is 12.0. The third-order valence-corrected chi connectivity index (χ3v) is 1.99. The Bertz CT molecular complexity index is 83.7. The highest BCUT2D eigenvalue weighted by Crippen LogP contribution is 2.24. The van der Waals surface area contributed by atoms with Crippen LogP contribution in [0.5, 0.6) is 0 Å². The number of rotatable bonds is 5. The Morgan fingerprint density at radius 3 is 2.50 bits per heavy atom. The van der Waals surface area contributed by atoms with E-state index in [1.807, 2.05) is 0 Å². The molecule has 0 aromatic rings. The van der Waals surface area contributed by atoms with Crippen molar-refractivity contribution < 1.29 is 8.78 Å². The van der Waals surface area contributed by atoms with Crippen molar-refractivity contribution in [3.8, 4) is 0 Å². The molecule has 0 aromatic carbocycles. The van der Waals surface area contributed by atoms with Crippen LogP contribution in [-0.2, 0) is 0 Å². The van der Waals surface area contributed by atoms with E-state index in [4.69, 9.17) is 0 Å². The van der Waals surface area contributed by atoms with E-state index < -0.39 is 5.92 Å². The smallest absolute Gasteiger partial charge is 0.206 e. The van der Waals surface area contributed by atoms with Crippen LogP contribution < -0.4 is 0 Å². The predicted octanol–water partition coefficient (Wildman–Crippen LogP) is 2.99. The molecule has 61 valence electrons. The summed E-state index contributed by atoms with van der Waals surface area (Å²) in [7, 11) is 0. The maximum Gasteiger partial charge on any atom is 0.257 e. The number of hydrogen-bond acceptors (Lipinski definition) is 1. The minimum atomic E-state index is -2.48. The fraction of sp³-hybridized carbons (Fsp3) is 0.857. The van der Waals surface area contributed by atoms with Crippen molar-refractivity contribution in [3.63, 3.8) is 0 Å². The molecule has 0 bridgehead atoms. The van der Waals surface area contributed by atoms with Crippen LogP contribution in [0.4, 0.5) is 8.78 Å². The van der Waals surface area contributed by atoms with Crippen LogP contribution in [0.1, 0.15) is 19.8 Å². The molecule has 0 aromatic heterocycles. The van der Waals surface area contributed by atoms with E-state index in [9.17, 15) is 8.78 Å². The molecular weight excluding hydrogens is 154 g/mol. The van der Waals surface area contributed by atoms with E-state index in [0.29, 0.717) is 12.2 Å². The number of thioether (sulfide) groups is 1. The van der Waals surface area contributed by atoms with Gasteiger partial charge >= 0.3 is 0 Å². The van der Waals surface area contributed by atoms with Crippen LogP contribution in [0.3, 0.4) is 0 Å². The lowest BCUT2D eigenvalue weighted by Crippen LogP contribution is -2.18. The Balaban J connectivity index is 3.42. The Kier molecular flexibility index (Phi) is 5.04. The Hall–Kier alpha value is 0.210. The van der Waals surface area contributed by atoms with Crippen LogP contribution in [0.15, 0.2) is 0 Å². The van der Waals surface area contributed by atoms with Crippen molar-refractivity contribution >= 4 is 11.8 Å². The SMILES string of the molecule is [CH2]CSCC(F)(F)CCC. The van der Waals surface area contributed by atoms with Gasteiger partial charge in [-0.1, -0.05) is 13.3 Å². The molecule has 0 spiro atoms. The molecule has 0 aliphatic rings. The molecule has 0 aliphatic heterocycles. The zero-order valence-electron chi connectivity index (χ0n) is 6.20. The van der Waals surface area contributed by atoms with Crippen LogP contribution in [0.25, 0.3) is 0 Å². The minimum absolute atomic E-state index is 0. The van der Waals surface area contributed by atoms with Gasteiger partial charge in [-0.2, -0.15) is 11.8 Å². The van der Waals surface area contributed by atoms with Gasteiger partial charge in [0, 0.05) is 6.42 Å². The van der Waals surface area contributed by atoms with Gasteiger partial charge in [-0.3, -0.25) is 0 Å². The van der Waals surface area contributed by atoms with E-state index in [-0.39, 0.29) is 12.2 Å². The second-order valence-corrected chi connectivity index (χ2v) is 3.26. The molecule has 0 unspecified atom stereocenters. The van der Waals surface area contributed by atoms with Crippen LogP contribution in [-0.4, -0.2) is 17.4 Å². The van der Waals surface area contributed by atoms with Crippen molar-refractivity contribution in [2.45, 2.75) is 25.7 Å². The molecule has 0 rings (SSSR count). The molecule has 0 aliphatic carbocycles. The first-order chi connectivity index (χ1) is 4.62. The van der Waals surface area contributed by atoms with Gasteiger partial charge in [0.1, 0.15) is 0 Å². The first-order valence-electron chi connectivity index (χ1n) is 3.37. The van der Waals surface area contributed by atoms with Gasteiger partial charge in [-0.15, -0.1) is 0 Å². The third kappa shape index (κ3) is 5.03. The van der Waals surface area contributed by atoms with E-state index in [0.717, 1.165) is 0 Å². The van der Waals surface area contributed by atoms with Crippen LogP contribution in [0.2, 0.25) is 0 Å². The zero-order valence-corrected chi connectivity index (χ0v) is 7.02. The summed E-state index contributed by atoms with van der Waals surface area (Å²) in [5.74, 6) is -2.03. The van der Waals surface area contributed by atoms with Crippen LogP contribution in [0, 0.1) is 6.92 Å². The lowest BCUT2D eigenvalue weighted by Gasteiger charge is -2.13.